The minimum Gasteiger partial charge on any atom is -0.394 e. The van der Waals surface area contributed by atoms with E-state index in [-0.39, 0.29) is 24.2 Å². The van der Waals surface area contributed by atoms with Crippen molar-refractivity contribution in [2.24, 2.45) is 0 Å². The molecule has 4 heteroatoms. The van der Waals surface area contributed by atoms with Crippen LogP contribution in [0.3, 0.4) is 0 Å². The molecule has 90 valence electrons. The van der Waals surface area contributed by atoms with E-state index in [9.17, 15) is 4.79 Å². The van der Waals surface area contributed by atoms with Gasteiger partial charge in [-0.25, -0.2) is 0 Å². The highest BCUT2D eigenvalue weighted by atomic mass is 16.5. The Labute approximate surface area is 95.9 Å². The maximum Gasteiger partial charge on any atom is 0.245 e. The van der Waals surface area contributed by atoms with Crippen molar-refractivity contribution in [2.45, 2.75) is 37.4 Å². The standard InChI is InChI=1S/C12H19NO3/c1-2-11(15)13-7-5-12(6-8-13)4-3-10(9-14)16-12/h2,10,14H,1,3-9H2/t10-/m1/s1. The lowest BCUT2D eigenvalue weighted by Crippen LogP contribution is -2.46. The molecule has 2 aliphatic heterocycles. The van der Waals surface area contributed by atoms with Gasteiger partial charge >= 0.3 is 0 Å². The summed E-state index contributed by atoms with van der Waals surface area (Å²) in [6.45, 7) is 5.08. The van der Waals surface area contributed by atoms with Gasteiger partial charge in [-0.3, -0.25) is 4.79 Å². The van der Waals surface area contributed by atoms with Crippen LogP contribution in [-0.2, 0) is 9.53 Å². The maximum absolute atomic E-state index is 11.4. The highest BCUT2D eigenvalue weighted by Gasteiger charge is 2.42. The van der Waals surface area contributed by atoms with Gasteiger partial charge in [-0.1, -0.05) is 6.58 Å². The summed E-state index contributed by atoms with van der Waals surface area (Å²) in [4.78, 5) is 13.2. The topological polar surface area (TPSA) is 49.8 Å². The fourth-order valence-corrected chi connectivity index (χ4v) is 2.66. The Bertz CT molecular complexity index is 282. The van der Waals surface area contributed by atoms with Gasteiger partial charge in [0.1, 0.15) is 0 Å². The summed E-state index contributed by atoms with van der Waals surface area (Å²) in [5, 5.41) is 9.06. The molecule has 0 aromatic carbocycles. The van der Waals surface area contributed by atoms with Gasteiger partial charge in [-0.05, 0) is 31.8 Å². The molecule has 2 saturated heterocycles. The van der Waals surface area contributed by atoms with Crippen LogP contribution in [0.4, 0.5) is 0 Å². The summed E-state index contributed by atoms with van der Waals surface area (Å²) in [5.41, 5.74) is -0.0780. The average molecular weight is 225 g/mol. The fraction of sp³-hybridized carbons (Fsp3) is 0.750. The lowest BCUT2D eigenvalue weighted by molar-refractivity contribution is -0.133. The van der Waals surface area contributed by atoms with E-state index < -0.39 is 0 Å². The van der Waals surface area contributed by atoms with Gasteiger partial charge in [0, 0.05) is 13.1 Å². The third kappa shape index (κ3) is 2.13. The zero-order valence-corrected chi connectivity index (χ0v) is 9.52. The highest BCUT2D eigenvalue weighted by molar-refractivity contribution is 5.87. The molecule has 0 radical (unpaired) electrons. The van der Waals surface area contributed by atoms with Crippen molar-refractivity contribution in [3.05, 3.63) is 12.7 Å². The van der Waals surface area contributed by atoms with Gasteiger partial charge in [0.15, 0.2) is 0 Å². The summed E-state index contributed by atoms with van der Waals surface area (Å²) in [6, 6.07) is 0. The molecule has 2 aliphatic rings. The smallest absolute Gasteiger partial charge is 0.245 e. The first-order chi connectivity index (χ1) is 7.69. The Morgan fingerprint density at radius 3 is 2.69 bits per heavy atom. The van der Waals surface area contributed by atoms with E-state index in [4.69, 9.17) is 9.84 Å². The van der Waals surface area contributed by atoms with E-state index in [1.807, 2.05) is 4.90 Å². The SMILES string of the molecule is C=CC(=O)N1CCC2(CC[C@H](CO)O2)CC1. The number of amides is 1. The summed E-state index contributed by atoms with van der Waals surface area (Å²) in [7, 11) is 0. The second kappa shape index (κ2) is 4.55. The second-order valence-corrected chi connectivity index (χ2v) is 4.67. The molecule has 2 fully saturated rings. The van der Waals surface area contributed by atoms with Gasteiger partial charge in [-0.15, -0.1) is 0 Å². The van der Waals surface area contributed by atoms with Gasteiger partial charge < -0.3 is 14.7 Å². The van der Waals surface area contributed by atoms with E-state index in [2.05, 4.69) is 6.58 Å². The summed E-state index contributed by atoms with van der Waals surface area (Å²) < 4.78 is 5.89. The normalized spacial score (nSPS) is 28.3. The van der Waals surface area contributed by atoms with Crippen molar-refractivity contribution in [1.82, 2.24) is 4.90 Å². The Hall–Kier alpha value is -0.870. The molecule has 0 aliphatic carbocycles. The van der Waals surface area contributed by atoms with E-state index >= 15 is 0 Å². The summed E-state index contributed by atoms with van der Waals surface area (Å²) in [5.74, 6) is 0.00607. The molecule has 0 saturated carbocycles. The molecule has 2 heterocycles. The van der Waals surface area contributed by atoms with E-state index in [0.29, 0.717) is 0 Å². The van der Waals surface area contributed by atoms with Crippen molar-refractivity contribution >= 4 is 5.91 Å². The van der Waals surface area contributed by atoms with Crippen LogP contribution < -0.4 is 0 Å². The van der Waals surface area contributed by atoms with Crippen LogP contribution in [-0.4, -0.2) is 47.3 Å². The fourth-order valence-electron chi connectivity index (χ4n) is 2.66. The predicted molar refractivity (Wildman–Crippen MR) is 59.9 cm³/mol. The van der Waals surface area contributed by atoms with Gasteiger partial charge in [-0.2, -0.15) is 0 Å². The molecule has 2 rings (SSSR count). The molecular formula is C12H19NO3. The number of piperidine rings is 1. The van der Waals surface area contributed by atoms with Crippen molar-refractivity contribution in [3.63, 3.8) is 0 Å². The van der Waals surface area contributed by atoms with Crippen LogP contribution >= 0.6 is 0 Å². The lowest BCUT2D eigenvalue weighted by Gasteiger charge is -2.38. The molecule has 1 amide bonds. The number of carbonyl (C=O) groups is 1. The molecule has 0 bridgehead atoms. The molecule has 4 nitrogen and oxygen atoms in total. The van der Waals surface area contributed by atoms with Crippen LogP contribution in [0.1, 0.15) is 25.7 Å². The van der Waals surface area contributed by atoms with Gasteiger partial charge in [0.2, 0.25) is 5.91 Å². The number of hydrogen-bond donors (Lipinski definition) is 1. The van der Waals surface area contributed by atoms with Crippen LogP contribution in [0.15, 0.2) is 12.7 Å². The number of likely N-dealkylation sites (tertiary alicyclic amines) is 1. The molecule has 1 atom stereocenters. The zero-order chi connectivity index (χ0) is 11.6. The first kappa shape index (κ1) is 11.6. The zero-order valence-electron chi connectivity index (χ0n) is 9.52. The molecular weight excluding hydrogens is 206 g/mol. The van der Waals surface area contributed by atoms with Crippen LogP contribution in [0.2, 0.25) is 0 Å². The summed E-state index contributed by atoms with van der Waals surface area (Å²) in [6.07, 6.45) is 5.07. The summed E-state index contributed by atoms with van der Waals surface area (Å²) >= 11 is 0. The molecule has 0 unspecified atom stereocenters. The van der Waals surface area contributed by atoms with E-state index in [0.717, 1.165) is 38.8 Å². The lowest BCUT2D eigenvalue weighted by atomic mass is 9.88. The van der Waals surface area contributed by atoms with Crippen LogP contribution in [0, 0.1) is 0 Å². The van der Waals surface area contributed by atoms with Crippen molar-refractivity contribution in [3.8, 4) is 0 Å². The predicted octanol–water partition coefficient (Wildman–Crippen LogP) is 0.705. The number of hydrogen-bond acceptors (Lipinski definition) is 3. The molecule has 16 heavy (non-hydrogen) atoms. The monoisotopic (exact) mass is 225 g/mol. The highest BCUT2D eigenvalue weighted by Crippen LogP contribution is 2.38. The first-order valence-corrected chi connectivity index (χ1v) is 5.89. The number of rotatable bonds is 2. The largest absolute Gasteiger partial charge is 0.394 e. The van der Waals surface area contributed by atoms with Crippen molar-refractivity contribution in [1.29, 1.82) is 0 Å². The Morgan fingerprint density at radius 1 is 1.50 bits per heavy atom. The minimum absolute atomic E-state index is 0.00153. The molecule has 1 N–H and O–H groups in total. The van der Waals surface area contributed by atoms with E-state index in [1.54, 1.807) is 0 Å². The minimum atomic E-state index is -0.0780. The number of ether oxygens (including phenoxy) is 1. The maximum atomic E-state index is 11.4. The molecule has 0 aromatic heterocycles. The quantitative estimate of drug-likeness (QED) is 0.704. The Morgan fingerprint density at radius 2 is 2.19 bits per heavy atom. The Balaban J connectivity index is 1.90. The molecule has 0 aromatic rings. The van der Waals surface area contributed by atoms with Crippen molar-refractivity contribution < 1.29 is 14.6 Å². The van der Waals surface area contributed by atoms with Gasteiger partial charge in [0.05, 0.1) is 18.3 Å². The number of carbonyl (C=O) groups excluding carboxylic acids is 1. The second-order valence-electron chi connectivity index (χ2n) is 4.67. The van der Waals surface area contributed by atoms with Crippen LogP contribution in [0.5, 0.6) is 0 Å². The number of aliphatic hydroxyl groups excluding tert-OH is 1. The average Bonchev–Trinajstić information content (AvgIpc) is 2.73. The molecule has 1 spiro atoms. The third-order valence-electron chi connectivity index (χ3n) is 3.70. The number of nitrogens with zero attached hydrogens (tertiary/aromatic N) is 1. The van der Waals surface area contributed by atoms with E-state index in [1.165, 1.54) is 6.08 Å². The van der Waals surface area contributed by atoms with Crippen LogP contribution in [0.25, 0.3) is 0 Å². The third-order valence-corrected chi connectivity index (χ3v) is 3.70. The Kier molecular flexibility index (Phi) is 3.30. The van der Waals surface area contributed by atoms with Crippen molar-refractivity contribution in [2.75, 3.05) is 19.7 Å². The van der Waals surface area contributed by atoms with Gasteiger partial charge in [0.25, 0.3) is 0 Å². The first-order valence-electron chi connectivity index (χ1n) is 5.89. The number of aliphatic hydroxyl groups is 1.